The van der Waals surface area contributed by atoms with Gasteiger partial charge >= 0.3 is 11.9 Å². The van der Waals surface area contributed by atoms with Crippen molar-refractivity contribution >= 4 is 56.7 Å². The van der Waals surface area contributed by atoms with E-state index in [1.54, 1.807) is 20.8 Å². The van der Waals surface area contributed by atoms with E-state index < -0.39 is 36.3 Å². The number of fused-ring (bicyclic) bond motifs is 1. The molecule has 1 unspecified atom stereocenters. The normalized spacial score (nSPS) is 11.8. The van der Waals surface area contributed by atoms with Gasteiger partial charge in [-0.25, -0.2) is 4.79 Å². The molecule has 1 aromatic carbocycles. The maximum atomic E-state index is 12.8. The summed E-state index contributed by atoms with van der Waals surface area (Å²) in [5.41, 5.74) is 1.36. The number of aryl methyl sites for hydroxylation is 1. The number of Topliss-reactive ketones (excluding diaryl/α,β-unsaturated/α-hetero) is 1. The number of halogens is 1. The van der Waals surface area contributed by atoms with Crippen LogP contribution in [-0.4, -0.2) is 47.9 Å². The van der Waals surface area contributed by atoms with Crippen LogP contribution in [0.5, 0.6) is 0 Å². The first kappa shape index (κ1) is 24.5. The lowest BCUT2D eigenvalue weighted by molar-refractivity contribution is -0.145. The molecule has 0 spiro atoms. The van der Waals surface area contributed by atoms with Crippen molar-refractivity contribution in [3.63, 3.8) is 0 Å². The summed E-state index contributed by atoms with van der Waals surface area (Å²) in [6.07, 6.45) is -1.13. The van der Waals surface area contributed by atoms with Gasteiger partial charge in [0.15, 0.2) is 6.10 Å². The molecular formula is C23H23ClN2O6S. The van der Waals surface area contributed by atoms with Gasteiger partial charge < -0.3 is 19.8 Å². The lowest BCUT2D eigenvalue weighted by Gasteiger charge is -2.12. The number of aromatic amines is 1. The van der Waals surface area contributed by atoms with E-state index >= 15 is 0 Å². The molecule has 0 aliphatic rings. The molecule has 0 aliphatic heterocycles. The number of esters is 2. The molecule has 3 aromatic rings. The van der Waals surface area contributed by atoms with Crippen LogP contribution in [0.25, 0.3) is 10.1 Å². The Hall–Kier alpha value is -3.17. The smallest absolute Gasteiger partial charge is 0.340 e. The summed E-state index contributed by atoms with van der Waals surface area (Å²) in [7, 11) is 0. The number of H-pyrrole nitrogens is 1. The summed E-state index contributed by atoms with van der Waals surface area (Å²) >= 11 is 7.50. The highest BCUT2D eigenvalue weighted by atomic mass is 35.5. The third kappa shape index (κ3) is 5.09. The number of ketones is 1. The minimum atomic E-state index is -1.13. The third-order valence-electron chi connectivity index (χ3n) is 4.98. The molecule has 3 rings (SSSR count). The second-order valence-corrected chi connectivity index (χ2v) is 8.70. The highest BCUT2D eigenvalue weighted by Gasteiger charge is 2.28. The average molecular weight is 491 g/mol. The van der Waals surface area contributed by atoms with E-state index in [0.717, 1.165) is 10.1 Å². The van der Waals surface area contributed by atoms with Crippen LogP contribution >= 0.6 is 22.9 Å². The van der Waals surface area contributed by atoms with Crippen LogP contribution in [0.1, 0.15) is 55.6 Å². The van der Waals surface area contributed by atoms with Crippen LogP contribution < -0.4 is 5.32 Å². The zero-order chi connectivity index (χ0) is 24.3. The van der Waals surface area contributed by atoms with E-state index in [9.17, 15) is 19.2 Å². The third-order valence-corrected chi connectivity index (χ3v) is 6.65. The summed E-state index contributed by atoms with van der Waals surface area (Å²) in [6, 6.07) is 7.32. The molecule has 2 aromatic heterocycles. The van der Waals surface area contributed by atoms with E-state index in [4.69, 9.17) is 21.1 Å². The summed E-state index contributed by atoms with van der Waals surface area (Å²) < 4.78 is 11.1. The number of rotatable bonds is 8. The zero-order valence-corrected chi connectivity index (χ0v) is 20.1. The molecule has 174 valence electrons. The Bertz CT molecular complexity index is 1250. The van der Waals surface area contributed by atoms with Crippen molar-refractivity contribution in [3.8, 4) is 0 Å². The van der Waals surface area contributed by atoms with Gasteiger partial charge in [-0.3, -0.25) is 14.4 Å². The van der Waals surface area contributed by atoms with Crippen LogP contribution in [0.15, 0.2) is 24.3 Å². The van der Waals surface area contributed by atoms with Crippen LogP contribution in [-0.2, 0) is 14.3 Å². The number of hydrogen-bond donors (Lipinski definition) is 2. The van der Waals surface area contributed by atoms with Crippen LogP contribution in [0, 0.1) is 13.8 Å². The van der Waals surface area contributed by atoms with Crippen molar-refractivity contribution in [1.82, 2.24) is 10.3 Å². The molecule has 0 saturated carbocycles. The highest BCUT2D eigenvalue weighted by Crippen LogP contribution is 2.34. The molecule has 0 fully saturated rings. The van der Waals surface area contributed by atoms with Crippen molar-refractivity contribution < 1.29 is 28.7 Å². The SMILES string of the molecule is CCOC(=O)c1c(C)[nH]c(C(=O)C(C)OC(=O)CNC(=O)c2sc3ccccc3c2Cl)c1C. The van der Waals surface area contributed by atoms with Crippen molar-refractivity contribution in [3.05, 3.63) is 56.7 Å². The second kappa shape index (κ2) is 10.2. The molecule has 2 N–H and O–H groups in total. The first-order valence-electron chi connectivity index (χ1n) is 10.2. The lowest BCUT2D eigenvalue weighted by Crippen LogP contribution is -2.34. The molecular weight excluding hydrogens is 468 g/mol. The Kier molecular flexibility index (Phi) is 7.55. The number of amides is 1. The first-order chi connectivity index (χ1) is 15.6. The summed E-state index contributed by atoms with van der Waals surface area (Å²) in [4.78, 5) is 52.8. The fourth-order valence-electron chi connectivity index (χ4n) is 3.39. The minimum Gasteiger partial charge on any atom is -0.462 e. The molecule has 8 nitrogen and oxygen atoms in total. The largest absolute Gasteiger partial charge is 0.462 e. The molecule has 1 atom stereocenters. The number of thiophene rings is 1. The summed E-state index contributed by atoms with van der Waals surface area (Å²) in [5.74, 6) is -2.33. The Morgan fingerprint density at radius 2 is 1.88 bits per heavy atom. The van der Waals surface area contributed by atoms with Gasteiger partial charge in [-0.2, -0.15) is 0 Å². The topological polar surface area (TPSA) is 115 Å². The summed E-state index contributed by atoms with van der Waals surface area (Å²) in [5, 5.41) is 3.55. The number of nitrogens with one attached hydrogen (secondary N) is 2. The van der Waals surface area contributed by atoms with Crippen LogP contribution in [0.4, 0.5) is 0 Å². The van der Waals surface area contributed by atoms with Gasteiger partial charge in [0.05, 0.1) is 22.9 Å². The maximum absolute atomic E-state index is 12.8. The zero-order valence-electron chi connectivity index (χ0n) is 18.5. The predicted octanol–water partition coefficient (Wildman–Crippen LogP) is 4.22. The number of hydrogen-bond acceptors (Lipinski definition) is 7. The second-order valence-electron chi connectivity index (χ2n) is 7.27. The molecule has 2 heterocycles. The van der Waals surface area contributed by atoms with E-state index in [0.29, 0.717) is 21.2 Å². The minimum absolute atomic E-state index is 0.164. The van der Waals surface area contributed by atoms with E-state index in [2.05, 4.69) is 10.3 Å². The standard InChI is InChI=1S/C23H23ClN2O6S/c1-5-31-23(30)17-11(2)19(26-12(17)3)20(28)13(4)32-16(27)10-25-22(29)21-18(24)14-8-6-7-9-15(14)33-21/h6-9,13,26H,5,10H2,1-4H3,(H,25,29). The van der Waals surface area contributed by atoms with Crippen molar-refractivity contribution in [2.75, 3.05) is 13.2 Å². The van der Waals surface area contributed by atoms with E-state index in [1.807, 2.05) is 24.3 Å². The van der Waals surface area contributed by atoms with Gasteiger partial charge in [-0.15, -0.1) is 11.3 Å². The Morgan fingerprint density at radius 1 is 1.18 bits per heavy atom. The Labute approximate surface area is 199 Å². The number of ether oxygens (including phenoxy) is 2. The van der Waals surface area contributed by atoms with Crippen molar-refractivity contribution in [1.29, 1.82) is 0 Å². The van der Waals surface area contributed by atoms with E-state index in [1.165, 1.54) is 18.3 Å². The highest BCUT2D eigenvalue weighted by molar-refractivity contribution is 7.21. The Balaban J connectivity index is 1.62. The van der Waals surface area contributed by atoms with Gasteiger partial charge in [0.2, 0.25) is 5.78 Å². The molecule has 0 aliphatic carbocycles. The van der Waals surface area contributed by atoms with Gasteiger partial charge in [-0.05, 0) is 39.3 Å². The molecule has 10 heteroatoms. The number of carbonyl (C=O) groups excluding carboxylic acids is 4. The van der Waals surface area contributed by atoms with Gasteiger partial charge in [0, 0.05) is 15.8 Å². The maximum Gasteiger partial charge on any atom is 0.340 e. The number of aromatic nitrogens is 1. The fraction of sp³-hybridized carbons (Fsp3) is 0.304. The molecule has 0 bridgehead atoms. The molecule has 0 saturated heterocycles. The molecule has 33 heavy (non-hydrogen) atoms. The lowest BCUT2D eigenvalue weighted by atomic mass is 10.1. The van der Waals surface area contributed by atoms with Crippen molar-refractivity contribution in [2.24, 2.45) is 0 Å². The van der Waals surface area contributed by atoms with Crippen molar-refractivity contribution in [2.45, 2.75) is 33.8 Å². The first-order valence-corrected chi connectivity index (χ1v) is 11.4. The quantitative estimate of drug-likeness (QED) is 0.361. The Morgan fingerprint density at radius 3 is 2.55 bits per heavy atom. The monoisotopic (exact) mass is 490 g/mol. The van der Waals surface area contributed by atoms with Crippen LogP contribution in [0.2, 0.25) is 5.02 Å². The number of benzene rings is 1. The molecule has 1 amide bonds. The van der Waals surface area contributed by atoms with Gasteiger partial charge in [-0.1, -0.05) is 29.8 Å². The van der Waals surface area contributed by atoms with Gasteiger partial charge in [0.1, 0.15) is 11.4 Å². The predicted molar refractivity (Wildman–Crippen MR) is 125 cm³/mol. The average Bonchev–Trinajstić information content (AvgIpc) is 3.27. The summed E-state index contributed by atoms with van der Waals surface area (Å²) in [6.45, 7) is 6.16. The molecule has 0 radical (unpaired) electrons. The van der Waals surface area contributed by atoms with Crippen LogP contribution in [0.3, 0.4) is 0 Å². The van der Waals surface area contributed by atoms with E-state index in [-0.39, 0.29) is 17.9 Å². The van der Waals surface area contributed by atoms with Gasteiger partial charge in [0.25, 0.3) is 5.91 Å². The number of carbonyl (C=O) groups is 4. The fourth-order valence-corrected chi connectivity index (χ4v) is 4.83.